The van der Waals surface area contributed by atoms with Crippen LogP contribution in [0.25, 0.3) is 10.9 Å². The van der Waals surface area contributed by atoms with E-state index >= 15 is 0 Å². The van der Waals surface area contributed by atoms with Gasteiger partial charge < -0.3 is 5.11 Å². The second-order valence-electron chi connectivity index (χ2n) is 6.15. The number of nitrogens with one attached hydrogen (secondary N) is 1. The maximum atomic E-state index is 10.8. The van der Waals surface area contributed by atoms with Crippen LogP contribution in [0.5, 0.6) is 0 Å². The number of nitrogens with zero attached hydrogens (tertiary/aromatic N) is 2. The summed E-state index contributed by atoms with van der Waals surface area (Å²) >= 11 is 1.66. The maximum Gasteiger partial charge on any atom is 0.127 e. The molecular weight excluding hydrogens is 318 g/mol. The molecule has 2 unspecified atom stereocenters. The van der Waals surface area contributed by atoms with Gasteiger partial charge in [-0.2, -0.15) is 5.10 Å². The Kier molecular flexibility index (Phi) is 4.12. The van der Waals surface area contributed by atoms with Crippen molar-refractivity contribution < 1.29 is 5.11 Å². The number of aliphatic imine (C=N–C) groups is 1. The minimum absolute atomic E-state index is 0.284. The summed E-state index contributed by atoms with van der Waals surface area (Å²) in [5, 5.41) is 19.9. The summed E-state index contributed by atoms with van der Waals surface area (Å²) in [4.78, 5) is 4.57. The van der Waals surface area contributed by atoms with E-state index in [2.05, 4.69) is 34.2 Å². The third-order valence-corrected chi connectivity index (χ3v) is 5.63. The third kappa shape index (κ3) is 2.85. The first-order valence-electron chi connectivity index (χ1n) is 8.09. The molecule has 3 aromatic rings. The Hall–Kier alpha value is -2.11. The Morgan fingerprint density at radius 1 is 1.21 bits per heavy atom. The lowest BCUT2D eigenvalue weighted by Gasteiger charge is -2.15. The molecule has 0 saturated heterocycles. The number of aromatic amines is 1. The number of aliphatic hydroxyl groups excluding tert-OH is 1. The fourth-order valence-electron chi connectivity index (χ4n) is 3.13. The first kappa shape index (κ1) is 15.4. The van der Waals surface area contributed by atoms with Crippen molar-refractivity contribution >= 4 is 27.7 Å². The van der Waals surface area contributed by atoms with Gasteiger partial charge in [0.25, 0.3) is 0 Å². The highest BCUT2D eigenvalue weighted by atomic mass is 32.2. The molecule has 5 heteroatoms. The van der Waals surface area contributed by atoms with E-state index in [4.69, 9.17) is 0 Å². The molecule has 0 aliphatic carbocycles. The van der Waals surface area contributed by atoms with Gasteiger partial charge in [0, 0.05) is 11.1 Å². The maximum absolute atomic E-state index is 10.8. The van der Waals surface area contributed by atoms with Gasteiger partial charge in [-0.15, -0.1) is 11.8 Å². The molecule has 2 heterocycles. The van der Waals surface area contributed by atoms with Gasteiger partial charge >= 0.3 is 0 Å². The van der Waals surface area contributed by atoms with Gasteiger partial charge in [-0.25, -0.2) is 0 Å². The van der Waals surface area contributed by atoms with E-state index in [1.165, 1.54) is 5.56 Å². The van der Waals surface area contributed by atoms with E-state index in [-0.39, 0.29) is 6.04 Å². The highest BCUT2D eigenvalue weighted by Gasteiger charge is 2.24. The van der Waals surface area contributed by atoms with Crippen LogP contribution in [0.3, 0.4) is 0 Å². The van der Waals surface area contributed by atoms with Crippen molar-refractivity contribution in [1.82, 2.24) is 10.2 Å². The molecule has 0 amide bonds. The molecule has 4 nitrogen and oxygen atoms in total. The van der Waals surface area contributed by atoms with Crippen LogP contribution in [0.15, 0.2) is 53.7 Å². The Morgan fingerprint density at radius 3 is 2.88 bits per heavy atom. The van der Waals surface area contributed by atoms with Gasteiger partial charge in [0.15, 0.2) is 0 Å². The molecule has 2 aromatic carbocycles. The summed E-state index contributed by atoms with van der Waals surface area (Å²) in [5.74, 6) is 0.947. The van der Waals surface area contributed by atoms with Crippen LogP contribution in [0.4, 0.5) is 0 Å². The lowest BCUT2D eigenvalue weighted by atomic mass is 9.95. The van der Waals surface area contributed by atoms with Crippen LogP contribution in [0.2, 0.25) is 0 Å². The average Bonchev–Trinajstić information content (AvgIpc) is 3.24. The molecule has 1 aliphatic rings. The Balaban J connectivity index is 1.69. The van der Waals surface area contributed by atoms with Crippen molar-refractivity contribution in [2.24, 2.45) is 4.99 Å². The molecule has 0 fully saturated rings. The van der Waals surface area contributed by atoms with E-state index in [9.17, 15) is 5.11 Å². The zero-order chi connectivity index (χ0) is 16.5. The van der Waals surface area contributed by atoms with Crippen molar-refractivity contribution in [2.75, 3.05) is 5.75 Å². The highest BCUT2D eigenvalue weighted by Crippen LogP contribution is 2.31. The molecule has 0 spiro atoms. The van der Waals surface area contributed by atoms with E-state index in [1.807, 2.05) is 36.5 Å². The number of rotatable bonds is 4. The number of hydrogen-bond acceptors (Lipinski definition) is 4. The fourth-order valence-corrected chi connectivity index (χ4v) is 4.16. The van der Waals surface area contributed by atoms with Crippen molar-refractivity contribution in [1.29, 1.82) is 0 Å². The lowest BCUT2D eigenvalue weighted by Crippen LogP contribution is -2.10. The number of thioether (sulfide) groups is 1. The number of hydrogen-bond donors (Lipinski definition) is 2. The van der Waals surface area contributed by atoms with Crippen LogP contribution in [0.1, 0.15) is 29.7 Å². The zero-order valence-corrected chi connectivity index (χ0v) is 14.3. The first-order valence-corrected chi connectivity index (χ1v) is 9.08. The van der Waals surface area contributed by atoms with Crippen molar-refractivity contribution in [2.45, 2.75) is 25.5 Å². The largest absolute Gasteiger partial charge is 0.381 e. The lowest BCUT2D eigenvalue weighted by molar-refractivity contribution is 0.249. The van der Waals surface area contributed by atoms with Gasteiger partial charge in [-0.3, -0.25) is 10.1 Å². The number of fused-ring (bicyclic) bond motifs is 1. The normalized spacial score (nSPS) is 18.8. The van der Waals surface area contributed by atoms with Gasteiger partial charge in [0.2, 0.25) is 0 Å². The highest BCUT2D eigenvalue weighted by molar-refractivity contribution is 8.14. The minimum atomic E-state index is -0.639. The Labute approximate surface area is 145 Å². The quantitative estimate of drug-likeness (QED) is 0.763. The van der Waals surface area contributed by atoms with E-state index in [0.29, 0.717) is 0 Å². The first-order chi connectivity index (χ1) is 11.7. The number of aromatic nitrogens is 2. The molecule has 122 valence electrons. The smallest absolute Gasteiger partial charge is 0.127 e. The van der Waals surface area contributed by atoms with E-state index in [1.54, 1.807) is 11.8 Å². The van der Waals surface area contributed by atoms with Gasteiger partial charge in [0.1, 0.15) is 11.1 Å². The summed E-state index contributed by atoms with van der Waals surface area (Å²) in [5.41, 5.74) is 4.31. The summed E-state index contributed by atoms with van der Waals surface area (Å²) in [6, 6.07) is 14.5. The minimum Gasteiger partial charge on any atom is -0.381 e. The average molecular weight is 337 g/mol. The van der Waals surface area contributed by atoms with Crippen molar-refractivity contribution in [3.8, 4) is 0 Å². The van der Waals surface area contributed by atoms with E-state index < -0.39 is 6.10 Å². The second kappa shape index (κ2) is 6.42. The number of benzene rings is 2. The molecule has 0 saturated carbocycles. The molecule has 1 aromatic heterocycles. The SMILES string of the molecule is CC1CSC(C(O)c2ccccc2Cc2cccc3[nH]ncc23)=N1. The number of aliphatic hydroxyl groups is 1. The predicted octanol–water partition coefficient (Wildman–Crippen LogP) is 3.72. The molecular formula is C19H19N3OS. The molecule has 2 N–H and O–H groups in total. The summed E-state index contributed by atoms with van der Waals surface area (Å²) < 4.78 is 0. The van der Waals surface area contributed by atoms with Gasteiger partial charge in [-0.1, -0.05) is 36.4 Å². The molecule has 0 radical (unpaired) electrons. The second-order valence-corrected chi connectivity index (χ2v) is 7.19. The molecule has 2 atom stereocenters. The number of H-pyrrole nitrogens is 1. The molecule has 1 aliphatic heterocycles. The van der Waals surface area contributed by atoms with Crippen molar-refractivity contribution in [3.05, 3.63) is 65.4 Å². The van der Waals surface area contributed by atoms with Crippen LogP contribution >= 0.6 is 11.8 Å². The van der Waals surface area contributed by atoms with Crippen LogP contribution < -0.4 is 0 Å². The third-order valence-electron chi connectivity index (χ3n) is 4.36. The van der Waals surface area contributed by atoms with Gasteiger partial charge in [0.05, 0.1) is 17.8 Å². The standard InChI is InChI=1S/C19H19N3OS/c1-12-11-24-19(21-12)18(23)15-7-3-2-5-13(15)9-14-6-4-8-17-16(14)10-20-22-17/h2-8,10,12,18,23H,9,11H2,1H3,(H,20,22). The van der Waals surface area contributed by atoms with Crippen LogP contribution in [-0.2, 0) is 6.42 Å². The summed E-state index contributed by atoms with van der Waals surface area (Å²) in [6.07, 6.45) is 1.99. The molecule has 4 rings (SSSR count). The Bertz CT molecular complexity index is 902. The topological polar surface area (TPSA) is 61.3 Å². The van der Waals surface area contributed by atoms with E-state index in [0.717, 1.165) is 39.2 Å². The predicted molar refractivity (Wildman–Crippen MR) is 99.7 cm³/mol. The zero-order valence-electron chi connectivity index (χ0n) is 13.4. The van der Waals surface area contributed by atoms with Gasteiger partial charge in [-0.05, 0) is 36.1 Å². The molecule has 0 bridgehead atoms. The van der Waals surface area contributed by atoms with Crippen molar-refractivity contribution in [3.63, 3.8) is 0 Å². The fraction of sp³-hybridized carbons (Fsp3) is 0.263. The van der Waals surface area contributed by atoms with Crippen LogP contribution in [0, 0.1) is 0 Å². The Morgan fingerprint density at radius 2 is 2.04 bits per heavy atom. The summed E-state index contributed by atoms with van der Waals surface area (Å²) in [6.45, 7) is 2.08. The van der Waals surface area contributed by atoms with Crippen LogP contribution in [-0.4, -0.2) is 32.1 Å². The monoisotopic (exact) mass is 337 g/mol. The molecule has 24 heavy (non-hydrogen) atoms. The summed E-state index contributed by atoms with van der Waals surface area (Å²) in [7, 11) is 0.